The summed E-state index contributed by atoms with van der Waals surface area (Å²) in [5.41, 5.74) is 0.193. The van der Waals surface area contributed by atoms with Crippen molar-refractivity contribution in [2.24, 2.45) is 0 Å². The van der Waals surface area contributed by atoms with Crippen molar-refractivity contribution in [1.82, 2.24) is 0 Å². The zero-order valence-corrected chi connectivity index (χ0v) is 11.3. The molecule has 5 heteroatoms. The number of rotatable bonds is 2. The average molecular weight is 319 g/mol. The Hall–Kier alpha value is -0.780. The number of hydrogen-bond donors (Lipinski definition) is 1. The quantitative estimate of drug-likeness (QED) is 0.880. The zero-order valence-electron chi connectivity index (χ0n) is 8.88. The van der Waals surface area contributed by atoms with E-state index in [1.807, 2.05) is 6.92 Å². The first-order valence-corrected chi connectivity index (χ1v) is 6.54. The molecule has 1 unspecified atom stereocenters. The first-order chi connectivity index (χ1) is 7.99. The topological polar surface area (TPSA) is 20.2 Å². The van der Waals surface area contributed by atoms with E-state index in [-0.39, 0.29) is 5.56 Å². The Labute approximate surface area is 110 Å². The van der Waals surface area contributed by atoms with Crippen LogP contribution in [0.15, 0.2) is 28.1 Å². The van der Waals surface area contributed by atoms with Gasteiger partial charge < -0.3 is 5.11 Å². The normalized spacial score (nSPS) is 12.8. The predicted molar refractivity (Wildman–Crippen MR) is 67.2 cm³/mol. The maximum atomic E-state index is 13.6. The van der Waals surface area contributed by atoms with Crippen LogP contribution in [-0.4, -0.2) is 5.11 Å². The van der Waals surface area contributed by atoms with Gasteiger partial charge in [-0.2, -0.15) is 0 Å². The number of benzene rings is 1. The molecule has 0 bridgehead atoms. The minimum atomic E-state index is -1.27. The minimum Gasteiger partial charge on any atom is -0.383 e. The Morgan fingerprint density at radius 2 is 1.82 bits per heavy atom. The molecule has 1 heterocycles. The van der Waals surface area contributed by atoms with Crippen molar-refractivity contribution in [2.75, 3.05) is 0 Å². The molecule has 0 spiro atoms. The molecular weight excluding hydrogens is 310 g/mol. The third-order valence-corrected chi connectivity index (χ3v) is 3.72. The van der Waals surface area contributed by atoms with Crippen molar-refractivity contribution in [3.8, 4) is 0 Å². The lowest BCUT2D eigenvalue weighted by atomic mass is 10.0. The summed E-state index contributed by atoms with van der Waals surface area (Å²) < 4.78 is 27.6. The van der Waals surface area contributed by atoms with E-state index in [1.165, 1.54) is 11.3 Å². The largest absolute Gasteiger partial charge is 0.383 e. The van der Waals surface area contributed by atoms with Crippen LogP contribution in [-0.2, 0) is 0 Å². The van der Waals surface area contributed by atoms with Gasteiger partial charge in [0.25, 0.3) is 0 Å². The van der Waals surface area contributed by atoms with Crippen molar-refractivity contribution < 1.29 is 13.9 Å². The van der Waals surface area contributed by atoms with Gasteiger partial charge in [-0.15, -0.1) is 11.3 Å². The van der Waals surface area contributed by atoms with Gasteiger partial charge in [0.1, 0.15) is 17.7 Å². The molecule has 0 fully saturated rings. The highest BCUT2D eigenvalue weighted by Gasteiger charge is 2.21. The smallest absolute Gasteiger partial charge is 0.133 e. The summed E-state index contributed by atoms with van der Waals surface area (Å²) >= 11 is 4.43. The molecule has 0 radical (unpaired) electrons. The molecule has 0 saturated heterocycles. The van der Waals surface area contributed by atoms with Crippen LogP contribution in [0.1, 0.15) is 22.1 Å². The Morgan fingerprint density at radius 3 is 2.29 bits per heavy atom. The highest BCUT2D eigenvalue weighted by atomic mass is 79.9. The van der Waals surface area contributed by atoms with Crippen molar-refractivity contribution in [3.63, 3.8) is 0 Å². The lowest BCUT2D eigenvalue weighted by molar-refractivity contribution is 0.209. The van der Waals surface area contributed by atoms with Crippen molar-refractivity contribution >= 4 is 27.3 Å². The predicted octanol–water partition coefficient (Wildman–Crippen LogP) is 4.18. The van der Waals surface area contributed by atoms with Crippen molar-refractivity contribution in [3.05, 3.63) is 55.7 Å². The molecular formula is C12H9BrF2OS. The lowest BCUT2D eigenvalue weighted by Gasteiger charge is -2.12. The first-order valence-electron chi connectivity index (χ1n) is 4.86. The summed E-state index contributed by atoms with van der Waals surface area (Å²) in [6.07, 6.45) is -1.27. The maximum Gasteiger partial charge on any atom is 0.133 e. The zero-order chi connectivity index (χ0) is 12.6. The number of thiophene rings is 1. The van der Waals surface area contributed by atoms with Gasteiger partial charge in [-0.05, 0) is 36.1 Å². The van der Waals surface area contributed by atoms with Crippen molar-refractivity contribution in [2.45, 2.75) is 13.0 Å². The van der Waals surface area contributed by atoms with E-state index in [2.05, 4.69) is 15.9 Å². The van der Waals surface area contributed by atoms with E-state index in [1.54, 1.807) is 11.4 Å². The van der Waals surface area contributed by atoms with E-state index in [0.717, 1.165) is 17.0 Å². The van der Waals surface area contributed by atoms with Gasteiger partial charge in [-0.3, -0.25) is 0 Å². The van der Waals surface area contributed by atoms with E-state index in [0.29, 0.717) is 10.0 Å². The van der Waals surface area contributed by atoms with Gasteiger partial charge in [-0.25, -0.2) is 8.78 Å². The molecule has 1 atom stereocenters. The van der Waals surface area contributed by atoms with Crippen LogP contribution in [0.3, 0.4) is 0 Å². The van der Waals surface area contributed by atoms with E-state index in [9.17, 15) is 13.9 Å². The summed E-state index contributed by atoms with van der Waals surface area (Å²) in [6.45, 7) is 1.87. The van der Waals surface area contributed by atoms with Crippen LogP contribution in [0.25, 0.3) is 0 Å². The SMILES string of the molecule is Cc1cc(C(O)c2c(F)cc(Br)cc2F)cs1. The number of aryl methyl sites for hydroxylation is 1. The molecule has 2 aromatic rings. The number of aliphatic hydroxyl groups excluding tert-OH is 1. The molecule has 1 aromatic heterocycles. The number of halogens is 3. The van der Waals surface area contributed by atoms with E-state index < -0.39 is 17.7 Å². The first kappa shape index (κ1) is 12.7. The summed E-state index contributed by atoms with van der Waals surface area (Å²) in [4.78, 5) is 0.983. The van der Waals surface area contributed by atoms with E-state index >= 15 is 0 Å². The molecule has 2 rings (SSSR count). The summed E-state index contributed by atoms with van der Waals surface area (Å²) in [7, 11) is 0. The van der Waals surface area contributed by atoms with Gasteiger partial charge in [0.15, 0.2) is 0 Å². The van der Waals surface area contributed by atoms with E-state index in [4.69, 9.17) is 0 Å². The summed E-state index contributed by atoms with van der Waals surface area (Å²) in [5.74, 6) is -1.51. The molecule has 17 heavy (non-hydrogen) atoms. The minimum absolute atomic E-state index is 0.310. The summed E-state index contributed by atoms with van der Waals surface area (Å²) in [6, 6.07) is 4.00. The molecule has 1 aromatic carbocycles. The van der Waals surface area contributed by atoms with Gasteiger partial charge in [-0.1, -0.05) is 15.9 Å². The van der Waals surface area contributed by atoms with Crippen LogP contribution in [0.2, 0.25) is 0 Å². The molecule has 0 aliphatic heterocycles. The van der Waals surface area contributed by atoms with Gasteiger partial charge in [0, 0.05) is 9.35 Å². The fourth-order valence-corrected chi connectivity index (χ4v) is 2.71. The monoisotopic (exact) mass is 318 g/mol. The fraction of sp³-hybridized carbons (Fsp3) is 0.167. The third kappa shape index (κ3) is 2.56. The Kier molecular flexibility index (Phi) is 3.61. The van der Waals surface area contributed by atoms with Crippen LogP contribution < -0.4 is 0 Å². The molecule has 90 valence electrons. The maximum absolute atomic E-state index is 13.6. The van der Waals surface area contributed by atoms with Crippen LogP contribution in [0, 0.1) is 18.6 Å². The second-order valence-corrected chi connectivity index (χ2v) is 5.71. The second kappa shape index (κ2) is 4.84. The molecule has 0 amide bonds. The van der Waals surface area contributed by atoms with Crippen molar-refractivity contribution in [1.29, 1.82) is 0 Å². The van der Waals surface area contributed by atoms with Gasteiger partial charge in [0.2, 0.25) is 0 Å². The number of hydrogen-bond acceptors (Lipinski definition) is 2. The highest BCUT2D eigenvalue weighted by Crippen LogP contribution is 2.31. The molecule has 0 aliphatic carbocycles. The van der Waals surface area contributed by atoms with Crippen LogP contribution >= 0.6 is 27.3 Å². The molecule has 0 saturated carbocycles. The second-order valence-electron chi connectivity index (χ2n) is 3.68. The Morgan fingerprint density at radius 1 is 1.24 bits per heavy atom. The highest BCUT2D eigenvalue weighted by molar-refractivity contribution is 9.10. The average Bonchev–Trinajstić information content (AvgIpc) is 2.63. The molecule has 1 nitrogen and oxygen atoms in total. The Bertz CT molecular complexity index is 530. The summed E-state index contributed by atoms with van der Waals surface area (Å²) in [5, 5.41) is 11.7. The standard InChI is InChI=1S/C12H9BrF2OS/c1-6-2-7(5-17-6)12(16)11-9(14)3-8(13)4-10(11)15/h2-5,12,16H,1H3. The van der Waals surface area contributed by atoms with Gasteiger partial charge >= 0.3 is 0 Å². The third-order valence-electron chi connectivity index (χ3n) is 2.38. The Balaban J connectivity index is 2.47. The van der Waals surface area contributed by atoms with Crippen LogP contribution in [0.4, 0.5) is 8.78 Å². The van der Waals surface area contributed by atoms with Gasteiger partial charge in [0.05, 0.1) is 5.56 Å². The molecule has 1 N–H and O–H groups in total. The lowest BCUT2D eigenvalue weighted by Crippen LogP contribution is -2.05. The number of aliphatic hydroxyl groups is 1. The fourth-order valence-electron chi connectivity index (χ4n) is 1.59. The van der Waals surface area contributed by atoms with Crippen LogP contribution in [0.5, 0.6) is 0 Å². The molecule has 0 aliphatic rings.